The molecule has 278 valence electrons. The number of carbonyl (C=O) groups is 2. The van der Waals surface area contributed by atoms with Crippen molar-refractivity contribution in [1.82, 2.24) is 0 Å². The molecule has 0 unspecified atom stereocenters. The van der Waals surface area contributed by atoms with Gasteiger partial charge in [-0.3, -0.25) is 9.59 Å². The lowest BCUT2D eigenvalue weighted by Crippen LogP contribution is -2.26. The summed E-state index contributed by atoms with van der Waals surface area (Å²) in [6.07, 6.45) is 37.7. The van der Waals surface area contributed by atoms with Crippen molar-refractivity contribution in [3.63, 3.8) is 0 Å². The largest absolute Gasteiger partial charge is 0.463 e. The molecule has 0 rings (SSSR count). The number of rotatable bonds is 34. The molecule has 7 nitrogen and oxygen atoms in total. The quantitative estimate of drug-likeness (QED) is 0.0353. The van der Waals surface area contributed by atoms with Gasteiger partial charge in [0.25, 0.3) is 0 Å². The van der Waals surface area contributed by atoms with Crippen LogP contribution in [0.5, 0.6) is 0 Å². The smallest absolute Gasteiger partial charge is 0.305 e. The van der Waals surface area contributed by atoms with Crippen molar-refractivity contribution in [1.29, 1.82) is 0 Å². The average molecular weight is 677 g/mol. The Morgan fingerprint density at radius 2 is 0.896 bits per heavy atom. The molecule has 0 heterocycles. The topological polar surface area (TPSA) is 113 Å². The van der Waals surface area contributed by atoms with Gasteiger partial charge in [-0.2, -0.15) is 0 Å². The van der Waals surface area contributed by atoms with Crippen LogP contribution in [0.1, 0.15) is 168 Å². The molecule has 0 aromatic rings. The third-order valence-corrected chi connectivity index (χ3v) is 8.28. The summed E-state index contributed by atoms with van der Waals surface area (Å²) in [5, 5.41) is 30.3. The number of aliphatic hydroxyl groups excluding tert-OH is 3. The number of aliphatic hydroxyl groups is 3. The molecule has 0 spiro atoms. The zero-order valence-electron chi connectivity index (χ0n) is 30.7. The first-order valence-electron chi connectivity index (χ1n) is 19.4. The second-order valence-electron chi connectivity index (χ2n) is 13.0. The Labute approximate surface area is 294 Å². The highest BCUT2D eigenvalue weighted by atomic mass is 16.6. The Morgan fingerprint density at radius 3 is 1.35 bits per heavy atom. The number of carbonyl (C=O) groups excluding carboxylic acids is 2. The molecule has 3 atom stereocenters. The van der Waals surface area contributed by atoms with Gasteiger partial charge in [-0.05, 0) is 51.4 Å². The average Bonchev–Trinajstić information content (AvgIpc) is 3.08. The van der Waals surface area contributed by atoms with Crippen LogP contribution < -0.4 is 0 Å². The standard InChI is InChI=1S/C41H72O7/c1-3-5-7-9-11-13-15-17-18-19-21-23-25-27-29-33-40(45)47-35-37(42)36-48-41(46)34-30-32-39(44)38(43)31-28-26-24-22-20-16-14-12-10-8-6-4-2/h6,8,12,14,20,22,26,28,37-39,42-44H,3-5,7,9-11,13,15-19,21,23-25,27,29-36H2,1-2H3/b8-6-,14-12-,22-20-,28-26-/t37-,38+,39+/m1/s1. The summed E-state index contributed by atoms with van der Waals surface area (Å²) in [6, 6.07) is 0. The van der Waals surface area contributed by atoms with Crippen molar-refractivity contribution in [2.45, 2.75) is 186 Å². The number of hydrogen-bond acceptors (Lipinski definition) is 7. The second-order valence-corrected chi connectivity index (χ2v) is 13.0. The van der Waals surface area contributed by atoms with E-state index in [2.05, 4.69) is 50.3 Å². The predicted octanol–water partition coefficient (Wildman–Crippen LogP) is 9.78. The van der Waals surface area contributed by atoms with Crippen LogP contribution >= 0.6 is 0 Å². The molecule has 0 aliphatic rings. The molecule has 0 saturated heterocycles. The summed E-state index contributed by atoms with van der Waals surface area (Å²) in [6.45, 7) is 3.93. The molecule has 0 aromatic heterocycles. The zero-order chi connectivity index (χ0) is 35.3. The number of allylic oxidation sites excluding steroid dienone is 7. The van der Waals surface area contributed by atoms with E-state index < -0.39 is 24.3 Å². The summed E-state index contributed by atoms with van der Waals surface area (Å²) in [5.74, 6) is -0.841. The maximum absolute atomic E-state index is 12.0. The van der Waals surface area contributed by atoms with Gasteiger partial charge in [0.15, 0.2) is 0 Å². The van der Waals surface area contributed by atoms with Gasteiger partial charge < -0.3 is 24.8 Å². The van der Waals surface area contributed by atoms with Crippen molar-refractivity contribution < 1.29 is 34.4 Å². The Kier molecular flexibility index (Phi) is 34.4. The van der Waals surface area contributed by atoms with Gasteiger partial charge in [0.1, 0.15) is 19.3 Å². The third kappa shape index (κ3) is 33.7. The molecule has 0 aromatic carbocycles. The van der Waals surface area contributed by atoms with Gasteiger partial charge in [0.05, 0.1) is 12.2 Å². The van der Waals surface area contributed by atoms with E-state index >= 15 is 0 Å². The lowest BCUT2D eigenvalue weighted by atomic mass is 10.0. The Hall–Kier alpha value is -2.22. The van der Waals surface area contributed by atoms with Crippen molar-refractivity contribution >= 4 is 11.9 Å². The molecule has 0 aliphatic heterocycles. The molecule has 0 aliphatic carbocycles. The highest BCUT2D eigenvalue weighted by molar-refractivity contribution is 5.69. The predicted molar refractivity (Wildman–Crippen MR) is 199 cm³/mol. The van der Waals surface area contributed by atoms with Crippen molar-refractivity contribution in [2.75, 3.05) is 13.2 Å². The van der Waals surface area contributed by atoms with Crippen LogP contribution in [0.4, 0.5) is 0 Å². The van der Waals surface area contributed by atoms with Crippen LogP contribution in [-0.4, -0.2) is 58.8 Å². The lowest BCUT2D eigenvalue weighted by Gasteiger charge is -2.16. The van der Waals surface area contributed by atoms with Crippen LogP contribution in [-0.2, 0) is 19.1 Å². The highest BCUT2D eigenvalue weighted by Crippen LogP contribution is 2.14. The van der Waals surface area contributed by atoms with Crippen LogP contribution in [0.25, 0.3) is 0 Å². The number of hydrogen-bond donors (Lipinski definition) is 3. The minimum atomic E-state index is -1.07. The Morgan fingerprint density at radius 1 is 0.500 bits per heavy atom. The van der Waals surface area contributed by atoms with Crippen molar-refractivity contribution in [3.8, 4) is 0 Å². The van der Waals surface area contributed by atoms with Crippen LogP contribution in [0.2, 0.25) is 0 Å². The van der Waals surface area contributed by atoms with Gasteiger partial charge in [-0.1, -0.05) is 152 Å². The maximum atomic E-state index is 12.0. The molecular formula is C41H72O7. The lowest BCUT2D eigenvalue weighted by molar-refractivity contribution is -0.152. The first-order valence-corrected chi connectivity index (χ1v) is 19.4. The van der Waals surface area contributed by atoms with Gasteiger partial charge in [-0.25, -0.2) is 0 Å². The fraction of sp³-hybridized carbons (Fsp3) is 0.756. The number of esters is 2. The minimum absolute atomic E-state index is 0.0689. The van der Waals surface area contributed by atoms with E-state index in [0.29, 0.717) is 19.3 Å². The van der Waals surface area contributed by atoms with E-state index in [1.807, 2.05) is 12.2 Å². The van der Waals surface area contributed by atoms with Gasteiger partial charge >= 0.3 is 11.9 Å². The zero-order valence-corrected chi connectivity index (χ0v) is 30.7. The van der Waals surface area contributed by atoms with Crippen LogP contribution in [0.15, 0.2) is 48.6 Å². The van der Waals surface area contributed by atoms with Crippen molar-refractivity contribution in [3.05, 3.63) is 48.6 Å². The molecule has 0 saturated carbocycles. The van der Waals surface area contributed by atoms with Crippen molar-refractivity contribution in [2.24, 2.45) is 0 Å². The maximum Gasteiger partial charge on any atom is 0.305 e. The summed E-state index contributed by atoms with van der Waals surface area (Å²) >= 11 is 0. The van der Waals surface area contributed by atoms with E-state index in [9.17, 15) is 24.9 Å². The van der Waals surface area contributed by atoms with Crippen LogP contribution in [0, 0.1) is 0 Å². The Balaban J connectivity index is 3.68. The molecular weight excluding hydrogens is 604 g/mol. The van der Waals surface area contributed by atoms with Gasteiger partial charge in [0, 0.05) is 12.8 Å². The van der Waals surface area contributed by atoms with Gasteiger partial charge in [0.2, 0.25) is 0 Å². The molecule has 48 heavy (non-hydrogen) atoms. The summed E-state index contributed by atoms with van der Waals surface area (Å²) < 4.78 is 10.2. The summed E-state index contributed by atoms with van der Waals surface area (Å²) in [4.78, 5) is 24.0. The first kappa shape index (κ1) is 45.8. The van der Waals surface area contributed by atoms with E-state index in [4.69, 9.17) is 9.47 Å². The minimum Gasteiger partial charge on any atom is -0.463 e. The molecule has 0 bridgehead atoms. The normalized spacial score (nSPS) is 14.0. The fourth-order valence-electron chi connectivity index (χ4n) is 5.23. The van der Waals surface area contributed by atoms with Gasteiger partial charge in [-0.15, -0.1) is 0 Å². The second kappa shape index (κ2) is 36.1. The third-order valence-electron chi connectivity index (χ3n) is 8.28. The molecule has 0 amide bonds. The number of unbranched alkanes of at least 4 members (excludes halogenated alkanes) is 14. The van der Waals surface area contributed by atoms with Crippen LogP contribution in [0.3, 0.4) is 0 Å². The molecule has 7 heteroatoms. The summed E-state index contributed by atoms with van der Waals surface area (Å²) in [5.41, 5.74) is 0. The van der Waals surface area contributed by atoms with E-state index in [1.165, 1.54) is 77.0 Å². The SMILES string of the molecule is CC/C=C\C/C=C\C/C=C\C/C=C\C[C@H](O)[C@@H](O)CCCC(=O)OC[C@H](O)COC(=O)CCCCCCCCCCCCCCCCC. The van der Waals surface area contributed by atoms with E-state index in [0.717, 1.165) is 44.9 Å². The molecule has 3 N–H and O–H groups in total. The number of ether oxygens (including phenoxy) is 2. The molecule has 0 fully saturated rings. The van der Waals surface area contributed by atoms with E-state index in [-0.39, 0.29) is 32.0 Å². The fourth-order valence-corrected chi connectivity index (χ4v) is 5.23. The Bertz CT molecular complexity index is 848. The first-order chi connectivity index (χ1) is 23.4. The monoisotopic (exact) mass is 677 g/mol. The summed E-state index contributed by atoms with van der Waals surface area (Å²) in [7, 11) is 0. The van der Waals surface area contributed by atoms with E-state index in [1.54, 1.807) is 0 Å². The molecule has 0 radical (unpaired) electrons. The highest BCUT2D eigenvalue weighted by Gasteiger charge is 2.16.